The average molecular weight is 226 g/mol. The molecule has 1 aromatic heterocycles. The Bertz CT molecular complexity index is 308. The van der Waals surface area contributed by atoms with E-state index >= 15 is 0 Å². The van der Waals surface area contributed by atoms with Gasteiger partial charge >= 0.3 is 0 Å². The minimum atomic E-state index is 0.484. The van der Waals surface area contributed by atoms with Gasteiger partial charge in [-0.3, -0.25) is 0 Å². The predicted molar refractivity (Wildman–Crippen MR) is 62.2 cm³/mol. The van der Waals surface area contributed by atoms with E-state index in [0.717, 1.165) is 24.5 Å². The fraction of sp³-hybridized carbons (Fsp3) is 0.636. The summed E-state index contributed by atoms with van der Waals surface area (Å²) < 4.78 is 0. The van der Waals surface area contributed by atoms with Gasteiger partial charge in [-0.2, -0.15) is 0 Å². The maximum absolute atomic E-state index is 5.70. The monoisotopic (exact) mass is 225 g/mol. The topological polar surface area (TPSA) is 29.0 Å². The van der Waals surface area contributed by atoms with Crippen LogP contribution in [0.3, 0.4) is 0 Å². The Morgan fingerprint density at radius 2 is 2.07 bits per heavy atom. The third kappa shape index (κ3) is 2.59. The molecule has 0 spiro atoms. The van der Waals surface area contributed by atoms with Gasteiger partial charge < -0.3 is 4.90 Å². The van der Waals surface area contributed by atoms with Crippen molar-refractivity contribution in [3.05, 3.63) is 18.0 Å². The van der Waals surface area contributed by atoms with Crippen molar-refractivity contribution >= 4 is 17.5 Å². The van der Waals surface area contributed by atoms with Gasteiger partial charge in [0.25, 0.3) is 0 Å². The first-order chi connectivity index (χ1) is 7.35. The van der Waals surface area contributed by atoms with Gasteiger partial charge in [0.15, 0.2) is 0 Å². The largest absolute Gasteiger partial charge is 0.338 e. The van der Waals surface area contributed by atoms with E-state index in [1.807, 2.05) is 12.4 Å². The van der Waals surface area contributed by atoms with Crippen molar-refractivity contribution in [2.75, 3.05) is 11.4 Å². The first-order valence-corrected chi connectivity index (χ1v) is 6.02. The number of rotatable bonds is 5. The van der Waals surface area contributed by atoms with Crippen LogP contribution in [0.4, 0.5) is 5.95 Å². The first-order valence-electron chi connectivity index (χ1n) is 5.48. The van der Waals surface area contributed by atoms with Gasteiger partial charge in [0.1, 0.15) is 0 Å². The van der Waals surface area contributed by atoms with Crippen LogP contribution in [0, 0.1) is 0 Å². The van der Waals surface area contributed by atoms with E-state index in [1.54, 1.807) is 0 Å². The summed E-state index contributed by atoms with van der Waals surface area (Å²) in [4.78, 5) is 11.0. The highest BCUT2D eigenvalue weighted by Crippen LogP contribution is 2.29. The summed E-state index contributed by atoms with van der Waals surface area (Å²) in [7, 11) is 0. The van der Waals surface area contributed by atoms with Gasteiger partial charge in [-0.25, -0.2) is 9.97 Å². The lowest BCUT2D eigenvalue weighted by molar-refractivity contribution is 0.734. The number of alkyl halides is 1. The van der Waals surface area contributed by atoms with Crippen molar-refractivity contribution in [1.29, 1.82) is 0 Å². The van der Waals surface area contributed by atoms with Crippen LogP contribution in [0.15, 0.2) is 12.4 Å². The summed E-state index contributed by atoms with van der Waals surface area (Å²) >= 11 is 5.70. The highest BCUT2D eigenvalue weighted by Gasteiger charge is 2.29. The summed E-state index contributed by atoms with van der Waals surface area (Å²) in [5.41, 5.74) is 0.979. The SMILES string of the molecule is CCCN(c1ncc(CCl)cn1)C1CC1. The Kier molecular flexibility index (Phi) is 3.41. The van der Waals surface area contributed by atoms with Gasteiger partial charge in [0.05, 0.1) is 5.88 Å². The van der Waals surface area contributed by atoms with Gasteiger partial charge in [-0.05, 0) is 19.3 Å². The number of nitrogens with zero attached hydrogens (tertiary/aromatic N) is 3. The Morgan fingerprint density at radius 1 is 1.40 bits per heavy atom. The number of hydrogen-bond acceptors (Lipinski definition) is 3. The van der Waals surface area contributed by atoms with Crippen molar-refractivity contribution in [1.82, 2.24) is 9.97 Å². The van der Waals surface area contributed by atoms with Crippen molar-refractivity contribution in [3.63, 3.8) is 0 Å². The molecular weight excluding hydrogens is 210 g/mol. The van der Waals surface area contributed by atoms with Crippen molar-refractivity contribution in [2.24, 2.45) is 0 Å². The smallest absolute Gasteiger partial charge is 0.225 e. The normalized spacial score (nSPS) is 15.3. The van der Waals surface area contributed by atoms with Crippen molar-refractivity contribution in [3.8, 4) is 0 Å². The Balaban J connectivity index is 2.10. The lowest BCUT2D eigenvalue weighted by Crippen LogP contribution is -2.28. The van der Waals surface area contributed by atoms with E-state index in [1.165, 1.54) is 12.8 Å². The molecule has 0 bridgehead atoms. The van der Waals surface area contributed by atoms with Gasteiger partial charge in [0, 0.05) is 30.5 Å². The molecule has 1 aliphatic rings. The van der Waals surface area contributed by atoms with Crippen LogP contribution in [0.25, 0.3) is 0 Å². The Morgan fingerprint density at radius 3 is 2.53 bits per heavy atom. The van der Waals surface area contributed by atoms with E-state index in [9.17, 15) is 0 Å². The van der Waals surface area contributed by atoms with Crippen LogP contribution in [-0.4, -0.2) is 22.6 Å². The summed E-state index contributed by atoms with van der Waals surface area (Å²) in [6.07, 6.45) is 7.33. The Labute approximate surface area is 95.5 Å². The summed E-state index contributed by atoms with van der Waals surface area (Å²) in [6.45, 7) is 3.23. The van der Waals surface area contributed by atoms with Crippen LogP contribution in [0.2, 0.25) is 0 Å². The zero-order chi connectivity index (χ0) is 10.7. The lowest BCUT2D eigenvalue weighted by Gasteiger charge is -2.21. The first kappa shape index (κ1) is 10.7. The van der Waals surface area contributed by atoms with Crippen LogP contribution < -0.4 is 4.90 Å². The second-order valence-electron chi connectivity index (χ2n) is 3.95. The molecule has 0 N–H and O–H groups in total. The molecule has 0 unspecified atom stereocenters. The highest BCUT2D eigenvalue weighted by molar-refractivity contribution is 6.17. The molecule has 0 aromatic carbocycles. The highest BCUT2D eigenvalue weighted by atomic mass is 35.5. The molecule has 1 fully saturated rings. The molecular formula is C11H16ClN3. The van der Waals surface area contributed by atoms with E-state index < -0.39 is 0 Å². The van der Waals surface area contributed by atoms with Crippen molar-refractivity contribution < 1.29 is 0 Å². The summed E-state index contributed by atoms with van der Waals surface area (Å²) in [5, 5.41) is 0. The molecule has 0 aliphatic heterocycles. The lowest BCUT2D eigenvalue weighted by atomic mass is 10.4. The fourth-order valence-corrected chi connectivity index (χ4v) is 1.78. The molecule has 1 aliphatic carbocycles. The maximum Gasteiger partial charge on any atom is 0.225 e. The standard InChI is InChI=1S/C11H16ClN3/c1-2-5-15(10-3-4-10)11-13-7-9(6-12)8-14-11/h7-8,10H,2-6H2,1H3. The maximum atomic E-state index is 5.70. The molecule has 2 rings (SSSR count). The van der Waals surface area contributed by atoms with E-state index in [-0.39, 0.29) is 0 Å². The Hall–Kier alpha value is -0.830. The third-order valence-corrected chi connectivity index (χ3v) is 2.86. The molecule has 1 heterocycles. The van der Waals surface area contributed by atoms with Gasteiger partial charge in [0.2, 0.25) is 5.95 Å². The van der Waals surface area contributed by atoms with Crippen LogP contribution in [0.5, 0.6) is 0 Å². The zero-order valence-corrected chi connectivity index (χ0v) is 9.74. The number of halogens is 1. The predicted octanol–water partition coefficient (Wildman–Crippen LogP) is 2.59. The second kappa shape index (κ2) is 4.79. The summed E-state index contributed by atoms with van der Waals surface area (Å²) in [6, 6.07) is 0.673. The molecule has 0 amide bonds. The van der Waals surface area contributed by atoms with Crippen LogP contribution in [-0.2, 0) is 5.88 Å². The molecule has 4 heteroatoms. The molecule has 3 nitrogen and oxygen atoms in total. The minimum absolute atomic E-state index is 0.484. The molecule has 0 atom stereocenters. The zero-order valence-electron chi connectivity index (χ0n) is 8.99. The van der Waals surface area contributed by atoms with E-state index in [2.05, 4.69) is 21.8 Å². The molecule has 0 radical (unpaired) electrons. The summed E-state index contributed by atoms with van der Waals surface area (Å²) in [5.74, 6) is 1.34. The van der Waals surface area contributed by atoms with Crippen molar-refractivity contribution in [2.45, 2.75) is 38.1 Å². The molecule has 82 valence electrons. The molecule has 15 heavy (non-hydrogen) atoms. The van der Waals surface area contributed by atoms with Gasteiger partial charge in [-0.15, -0.1) is 11.6 Å². The van der Waals surface area contributed by atoms with E-state index in [4.69, 9.17) is 11.6 Å². The third-order valence-electron chi connectivity index (χ3n) is 2.56. The number of aromatic nitrogens is 2. The quantitative estimate of drug-likeness (QED) is 0.722. The fourth-order valence-electron chi connectivity index (χ4n) is 1.64. The number of anilines is 1. The molecule has 0 saturated heterocycles. The average Bonchev–Trinajstić information content (AvgIpc) is 3.10. The van der Waals surface area contributed by atoms with Gasteiger partial charge in [-0.1, -0.05) is 6.92 Å². The number of hydrogen-bond donors (Lipinski definition) is 0. The molecule has 1 aromatic rings. The van der Waals surface area contributed by atoms with Crippen LogP contribution in [0.1, 0.15) is 31.7 Å². The second-order valence-corrected chi connectivity index (χ2v) is 4.22. The minimum Gasteiger partial charge on any atom is -0.338 e. The molecule has 1 saturated carbocycles. The van der Waals surface area contributed by atoms with E-state index in [0.29, 0.717) is 11.9 Å². The van der Waals surface area contributed by atoms with Crippen LogP contribution >= 0.6 is 11.6 Å².